The van der Waals surface area contributed by atoms with Crippen LogP contribution in [0, 0.1) is 0 Å². The summed E-state index contributed by atoms with van der Waals surface area (Å²) in [6.07, 6.45) is 1.88. The molecule has 0 radical (unpaired) electrons. The zero-order valence-corrected chi connectivity index (χ0v) is 13.7. The predicted molar refractivity (Wildman–Crippen MR) is 70.6 cm³/mol. The van der Waals surface area contributed by atoms with E-state index in [-0.39, 0.29) is 37.7 Å². The van der Waals surface area contributed by atoms with Gasteiger partial charge in [-0.1, -0.05) is 6.66 Å². The molecule has 0 fully saturated rings. The van der Waals surface area contributed by atoms with Gasteiger partial charge in [-0.25, -0.2) is 7.36 Å². The number of ether oxygens (including phenoxy) is 2. The molecule has 0 bridgehead atoms. The van der Waals surface area contributed by atoms with Crippen LogP contribution in [-0.4, -0.2) is 54.2 Å². The number of rotatable bonds is 10. The van der Waals surface area contributed by atoms with Crippen LogP contribution in [0.1, 0.15) is 12.8 Å². The molecule has 0 aromatic rings. The summed E-state index contributed by atoms with van der Waals surface area (Å²) in [7, 11) is 3.44. The first-order valence-electron chi connectivity index (χ1n) is 5.52. The molecule has 0 saturated carbocycles. The molecule has 98 valence electrons. The Bertz CT molecular complexity index is 205. The van der Waals surface area contributed by atoms with Crippen molar-refractivity contribution >= 4 is 7.36 Å². The summed E-state index contributed by atoms with van der Waals surface area (Å²) in [5.41, 5.74) is 0. The van der Waals surface area contributed by atoms with Gasteiger partial charge in [-0.15, -0.1) is 13.1 Å². The predicted octanol–water partition coefficient (Wildman–Crippen LogP) is -2.89. The Kier molecular flexibility index (Phi) is 22.0. The quantitative estimate of drug-likeness (QED) is 0.241. The molecular formula is C10H24Li2N3O2P. The van der Waals surface area contributed by atoms with Crippen molar-refractivity contribution in [2.45, 2.75) is 12.8 Å². The van der Waals surface area contributed by atoms with Crippen LogP contribution in [-0.2, 0) is 9.47 Å². The van der Waals surface area contributed by atoms with Crippen molar-refractivity contribution in [2.75, 3.05) is 54.2 Å². The van der Waals surface area contributed by atoms with Gasteiger partial charge in [0, 0.05) is 34.5 Å². The average Bonchev–Trinajstić information content (AvgIpc) is 2.31. The molecular weight excluding hydrogens is 239 g/mol. The van der Waals surface area contributed by atoms with Crippen LogP contribution in [0.4, 0.5) is 0 Å². The zero-order valence-electron chi connectivity index (χ0n) is 12.8. The third-order valence-electron chi connectivity index (χ3n) is 2.13. The first-order chi connectivity index (χ1) is 7.68. The second-order valence-electron chi connectivity index (χ2n) is 3.49. The molecule has 5 nitrogen and oxygen atoms in total. The molecule has 0 aliphatic rings. The van der Waals surface area contributed by atoms with E-state index in [2.05, 4.69) is 14.9 Å². The van der Waals surface area contributed by atoms with Crippen molar-refractivity contribution in [1.29, 1.82) is 0 Å². The van der Waals surface area contributed by atoms with Crippen molar-refractivity contribution < 1.29 is 47.2 Å². The fourth-order valence-electron chi connectivity index (χ4n) is 1.11. The van der Waals surface area contributed by atoms with Crippen LogP contribution in [0.25, 0.3) is 10.2 Å². The Morgan fingerprint density at radius 2 is 1.33 bits per heavy atom. The molecule has 0 amide bonds. The first kappa shape index (κ1) is 24.3. The third-order valence-corrected chi connectivity index (χ3v) is 4.36. The molecule has 0 aliphatic carbocycles. The third kappa shape index (κ3) is 13.7. The summed E-state index contributed by atoms with van der Waals surface area (Å²) >= 11 is 0. The molecule has 8 heteroatoms. The summed E-state index contributed by atoms with van der Waals surface area (Å²) in [6.45, 7) is 5.09. The minimum atomic E-state index is -1.77. The normalized spacial score (nSPS) is 10.4. The summed E-state index contributed by atoms with van der Waals surface area (Å²) in [4.78, 5) is 0. The molecule has 0 saturated heterocycles. The fraction of sp³-hybridized carbons (Fsp3) is 1.00. The van der Waals surface area contributed by atoms with Gasteiger partial charge in [-0.05, 0) is 12.8 Å². The van der Waals surface area contributed by atoms with Crippen molar-refractivity contribution in [3.05, 3.63) is 10.2 Å². The Balaban J connectivity index is -0.00000112. The van der Waals surface area contributed by atoms with Crippen LogP contribution < -0.4 is 37.7 Å². The van der Waals surface area contributed by atoms with E-state index in [4.69, 9.17) is 9.47 Å². The van der Waals surface area contributed by atoms with Gasteiger partial charge in [0.05, 0.1) is 0 Å². The second kappa shape index (κ2) is 16.3. The Hall–Kier alpha value is 1.26. The number of methoxy groups -OCH3 is 2. The Morgan fingerprint density at radius 1 is 0.944 bits per heavy atom. The topological polar surface area (TPSA) is 59.0 Å². The van der Waals surface area contributed by atoms with E-state index in [0.717, 1.165) is 39.1 Å². The monoisotopic (exact) mass is 263 g/mol. The van der Waals surface area contributed by atoms with Crippen LogP contribution in [0.3, 0.4) is 0 Å². The molecule has 0 N–H and O–H groups in total. The fourth-order valence-corrected chi connectivity index (χ4v) is 2.49. The standard InChI is InChI=1S/C10H24N3O2P.2Li/c1-11-16(4,12-7-5-9-14-2)13-8-6-10-15-3;;/h5-10H2,1-4H3;;/q-2;2*+1. The maximum absolute atomic E-state index is 4.98. The molecule has 0 heterocycles. The van der Waals surface area contributed by atoms with Crippen LogP contribution in [0.5, 0.6) is 0 Å². The van der Waals surface area contributed by atoms with Gasteiger partial charge in [0.25, 0.3) is 0 Å². The summed E-state index contributed by atoms with van der Waals surface area (Å²) in [5.74, 6) is 0. The molecule has 0 rings (SSSR count). The summed E-state index contributed by atoms with van der Waals surface area (Å²) in [5, 5.41) is 9.13. The van der Waals surface area contributed by atoms with E-state index in [1.165, 1.54) is 0 Å². The van der Waals surface area contributed by atoms with E-state index in [1.54, 1.807) is 21.3 Å². The minimum Gasteiger partial charge on any atom is -0.637 e. The average molecular weight is 263 g/mol. The number of hydrogen-bond donors (Lipinski definition) is 0. The molecule has 18 heavy (non-hydrogen) atoms. The SMILES string of the molecule is CN=P(C)([N-]CCCOC)[N-]CCCOC.[Li+].[Li+]. The maximum Gasteiger partial charge on any atom is 1.00 e. The minimum absolute atomic E-state index is 0. The summed E-state index contributed by atoms with van der Waals surface area (Å²) in [6, 6.07) is 0. The largest absolute Gasteiger partial charge is 1.00 e. The zero-order chi connectivity index (χ0) is 12.3. The second-order valence-corrected chi connectivity index (χ2v) is 6.19. The number of nitrogens with zero attached hydrogens (tertiary/aromatic N) is 3. The molecule has 0 unspecified atom stereocenters. The summed E-state index contributed by atoms with van der Waals surface area (Å²) < 4.78 is 14.3. The van der Waals surface area contributed by atoms with Crippen LogP contribution >= 0.6 is 7.36 Å². The first-order valence-corrected chi connectivity index (χ1v) is 7.62. The molecule has 0 spiro atoms. The van der Waals surface area contributed by atoms with Crippen molar-refractivity contribution in [2.24, 2.45) is 4.74 Å². The van der Waals surface area contributed by atoms with E-state index in [9.17, 15) is 0 Å². The van der Waals surface area contributed by atoms with Gasteiger partial charge in [-0.3, -0.25) is 0 Å². The van der Waals surface area contributed by atoms with Gasteiger partial charge in [0.1, 0.15) is 0 Å². The van der Waals surface area contributed by atoms with E-state index < -0.39 is 7.36 Å². The van der Waals surface area contributed by atoms with Crippen LogP contribution in [0.15, 0.2) is 4.74 Å². The van der Waals surface area contributed by atoms with Gasteiger partial charge in [0.2, 0.25) is 0 Å². The van der Waals surface area contributed by atoms with Crippen LogP contribution in [0.2, 0.25) is 0 Å². The van der Waals surface area contributed by atoms with Crippen molar-refractivity contribution in [3.8, 4) is 0 Å². The van der Waals surface area contributed by atoms with Crippen molar-refractivity contribution in [3.63, 3.8) is 0 Å². The Labute approximate surface area is 136 Å². The van der Waals surface area contributed by atoms with Gasteiger partial charge >= 0.3 is 37.7 Å². The van der Waals surface area contributed by atoms with E-state index >= 15 is 0 Å². The molecule has 0 aromatic heterocycles. The van der Waals surface area contributed by atoms with Crippen molar-refractivity contribution in [1.82, 2.24) is 0 Å². The molecule has 0 atom stereocenters. The Morgan fingerprint density at radius 3 is 1.61 bits per heavy atom. The van der Waals surface area contributed by atoms with Gasteiger partial charge in [-0.2, -0.15) is 0 Å². The number of hydrogen-bond acceptors (Lipinski definition) is 3. The van der Waals surface area contributed by atoms with Gasteiger partial charge in [0.15, 0.2) is 0 Å². The molecule has 0 aromatic carbocycles. The van der Waals surface area contributed by atoms with E-state index in [1.807, 2.05) is 6.66 Å². The molecule has 0 aliphatic heterocycles. The van der Waals surface area contributed by atoms with E-state index in [0.29, 0.717) is 0 Å². The maximum atomic E-state index is 4.98. The smallest absolute Gasteiger partial charge is 0.637 e. The van der Waals surface area contributed by atoms with Gasteiger partial charge < -0.3 is 24.4 Å².